The monoisotopic (exact) mass is 555 g/mol. The normalized spacial score (nSPS) is 15.6. The van der Waals surface area contributed by atoms with Crippen molar-refractivity contribution in [2.45, 2.75) is 18.8 Å². The minimum Gasteiger partial charge on any atom is -0.490 e. The number of methoxy groups -OCH3 is 1. The van der Waals surface area contributed by atoms with Gasteiger partial charge in [-0.15, -0.1) is 11.3 Å². The van der Waals surface area contributed by atoms with Gasteiger partial charge in [0.25, 0.3) is 0 Å². The van der Waals surface area contributed by atoms with Gasteiger partial charge in [-0.05, 0) is 29.3 Å². The van der Waals surface area contributed by atoms with E-state index in [9.17, 15) is 5.11 Å². The first-order valence-electron chi connectivity index (χ1n) is 13.8. The van der Waals surface area contributed by atoms with Gasteiger partial charge in [0.05, 0.1) is 18.3 Å². The lowest BCUT2D eigenvalue weighted by molar-refractivity contribution is 0.0400. The standard InChI is InChI=1S/C33H37N3O3S/c1-38-24-32-34-29(25-40-32)17-16-26-10-8-9-15-31(26)39-23-30(37)22-35-18-20-36(21-19-35)33(27-11-4-2-5-12-27)28-13-6-3-7-14-28/h2-17,25,30,33,37H,18-24H2,1H3/b17-16+. The van der Waals surface area contributed by atoms with Crippen molar-refractivity contribution in [3.8, 4) is 5.75 Å². The van der Waals surface area contributed by atoms with Crippen LogP contribution in [0.2, 0.25) is 0 Å². The number of aromatic nitrogens is 1. The number of aliphatic hydroxyl groups excluding tert-OH is 1. The molecule has 0 bridgehead atoms. The predicted molar refractivity (Wildman–Crippen MR) is 162 cm³/mol. The molecule has 3 aromatic carbocycles. The van der Waals surface area contributed by atoms with Crippen LogP contribution in [0.5, 0.6) is 5.75 Å². The summed E-state index contributed by atoms with van der Waals surface area (Å²) in [6.07, 6.45) is 3.41. The van der Waals surface area contributed by atoms with Crippen molar-refractivity contribution < 1.29 is 14.6 Å². The Morgan fingerprint density at radius 3 is 2.20 bits per heavy atom. The highest BCUT2D eigenvalue weighted by molar-refractivity contribution is 7.09. The molecule has 0 saturated carbocycles. The Morgan fingerprint density at radius 2 is 1.52 bits per heavy atom. The van der Waals surface area contributed by atoms with Gasteiger partial charge in [0.15, 0.2) is 0 Å². The number of aliphatic hydroxyl groups is 1. The SMILES string of the molecule is COCc1nc(/C=C/c2ccccc2OCC(O)CN2CCN(C(c3ccccc3)c3ccccc3)CC2)cs1. The van der Waals surface area contributed by atoms with E-state index in [-0.39, 0.29) is 12.6 Å². The summed E-state index contributed by atoms with van der Waals surface area (Å²) in [5.74, 6) is 0.753. The molecule has 1 saturated heterocycles. The van der Waals surface area contributed by atoms with Crippen molar-refractivity contribution in [2.75, 3.05) is 46.4 Å². The first kappa shape index (κ1) is 28.2. The summed E-state index contributed by atoms with van der Waals surface area (Å²) in [6.45, 7) is 5.06. The van der Waals surface area contributed by atoms with E-state index in [1.54, 1.807) is 18.4 Å². The highest BCUT2D eigenvalue weighted by Crippen LogP contribution is 2.29. The average molecular weight is 556 g/mol. The van der Waals surface area contributed by atoms with Crippen molar-refractivity contribution in [1.82, 2.24) is 14.8 Å². The molecule has 40 heavy (non-hydrogen) atoms. The van der Waals surface area contributed by atoms with Gasteiger partial charge < -0.3 is 14.6 Å². The minimum atomic E-state index is -0.572. The summed E-state index contributed by atoms with van der Waals surface area (Å²) >= 11 is 1.58. The Morgan fingerprint density at radius 1 is 0.875 bits per heavy atom. The van der Waals surface area contributed by atoms with Crippen molar-refractivity contribution in [3.05, 3.63) is 118 Å². The van der Waals surface area contributed by atoms with Crippen LogP contribution in [0.4, 0.5) is 0 Å². The quantitative estimate of drug-likeness (QED) is 0.245. The molecule has 1 atom stereocenters. The fourth-order valence-corrected chi connectivity index (χ4v) is 5.87. The number of ether oxygens (including phenoxy) is 2. The Balaban J connectivity index is 1.13. The molecule has 6 nitrogen and oxygen atoms in total. The molecule has 2 heterocycles. The minimum absolute atomic E-state index is 0.234. The van der Waals surface area contributed by atoms with Crippen LogP contribution in [-0.4, -0.2) is 72.4 Å². The molecule has 208 valence electrons. The Kier molecular flexibility index (Phi) is 10.1. The van der Waals surface area contributed by atoms with Gasteiger partial charge in [0.2, 0.25) is 0 Å². The van der Waals surface area contributed by atoms with Crippen molar-refractivity contribution >= 4 is 23.5 Å². The maximum atomic E-state index is 10.8. The van der Waals surface area contributed by atoms with Gasteiger partial charge in [0, 0.05) is 50.8 Å². The lowest BCUT2D eigenvalue weighted by atomic mass is 9.96. The second-order valence-electron chi connectivity index (χ2n) is 10.00. The van der Waals surface area contributed by atoms with E-state index >= 15 is 0 Å². The molecule has 1 aliphatic rings. The van der Waals surface area contributed by atoms with Gasteiger partial charge in [-0.3, -0.25) is 9.80 Å². The zero-order valence-corrected chi connectivity index (χ0v) is 23.7. The Hall–Kier alpha value is -3.33. The fraction of sp³-hybridized carbons (Fsp3) is 0.303. The van der Waals surface area contributed by atoms with Crippen LogP contribution in [0.25, 0.3) is 12.2 Å². The van der Waals surface area contributed by atoms with Gasteiger partial charge in [0.1, 0.15) is 23.5 Å². The van der Waals surface area contributed by atoms with E-state index in [0.717, 1.165) is 48.2 Å². The van der Waals surface area contributed by atoms with Crippen molar-refractivity contribution in [2.24, 2.45) is 0 Å². The van der Waals surface area contributed by atoms with Crippen LogP contribution in [-0.2, 0) is 11.3 Å². The largest absolute Gasteiger partial charge is 0.490 e. The van der Waals surface area contributed by atoms with Crippen LogP contribution in [0.3, 0.4) is 0 Å². The van der Waals surface area contributed by atoms with E-state index in [2.05, 4.69) is 75.4 Å². The first-order chi connectivity index (χ1) is 19.7. The maximum absolute atomic E-state index is 10.8. The maximum Gasteiger partial charge on any atom is 0.126 e. The van der Waals surface area contributed by atoms with E-state index in [1.807, 2.05) is 41.8 Å². The topological polar surface area (TPSA) is 58.1 Å². The molecule has 4 aromatic rings. The molecule has 0 spiro atoms. The predicted octanol–water partition coefficient (Wildman–Crippen LogP) is 5.61. The van der Waals surface area contributed by atoms with E-state index in [4.69, 9.17) is 9.47 Å². The number of piperazine rings is 1. The van der Waals surface area contributed by atoms with Crippen LogP contribution in [0.1, 0.15) is 33.4 Å². The van der Waals surface area contributed by atoms with Gasteiger partial charge in [-0.1, -0.05) is 78.9 Å². The molecular formula is C33H37N3O3S. The molecule has 1 unspecified atom stereocenters. The van der Waals surface area contributed by atoms with Crippen LogP contribution >= 0.6 is 11.3 Å². The molecule has 1 aromatic heterocycles. The van der Waals surface area contributed by atoms with E-state index in [0.29, 0.717) is 13.2 Å². The van der Waals surface area contributed by atoms with E-state index in [1.165, 1.54) is 11.1 Å². The number of rotatable bonds is 12. The summed E-state index contributed by atoms with van der Waals surface area (Å²) in [4.78, 5) is 9.44. The van der Waals surface area contributed by atoms with Crippen LogP contribution in [0, 0.1) is 0 Å². The van der Waals surface area contributed by atoms with Gasteiger partial charge in [-0.2, -0.15) is 0 Å². The highest BCUT2D eigenvalue weighted by atomic mass is 32.1. The van der Waals surface area contributed by atoms with Crippen LogP contribution in [0.15, 0.2) is 90.3 Å². The van der Waals surface area contributed by atoms with Crippen molar-refractivity contribution in [1.29, 1.82) is 0 Å². The lowest BCUT2D eigenvalue weighted by Crippen LogP contribution is -2.50. The third-order valence-corrected chi connectivity index (χ3v) is 7.93. The highest BCUT2D eigenvalue weighted by Gasteiger charge is 2.27. The number of β-amino-alcohol motifs (C(OH)–C–C–N with tert-alkyl or cyclic N) is 1. The number of benzene rings is 3. The number of hydrogen-bond donors (Lipinski definition) is 1. The smallest absolute Gasteiger partial charge is 0.126 e. The second-order valence-corrected chi connectivity index (χ2v) is 10.9. The molecule has 1 N–H and O–H groups in total. The third kappa shape index (κ3) is 7.65. The Bertz CT molecular complexity index is 1300. The van der Waals surface area contributed by atoms with Crippen LogP contribution < -0.4 is 4.74 Å². The molecule has 1 fully saturated rings. The molecule has 1 aliphatic heterocycles. The first-order valence-corrected chi connectivity index (χ1v) is 14.6. The number of nitrogens with zero attached hydrogens (tertiary/aromatic N) is 3. The molecular weight excluding hydrogens is 518 g/mol. The second kappa shape index (κ2) is 14.3. The van der Waals surface area contributed by atoms with Gasteiger partial charge in [-0.25, -0.2) is 4.98 Å². The molecule has 7 heteroatoms. The summed E-state index contributed by atoms with van der Waals surface area (Å²) in [6, 6.07) is 29.6. The van der Waals surface area contributed by atoms with Gasteiger partial charge >= 0.3 is 0 Å². The average Bonchev–Trinajstić information content (AvgIpc) is 3.45. The number of thiazole rings is 1. The summed E-state index contributed by atoms with van der Waals surface area (Å²) < 4.78 is 11.2. The summed E-state index contributed by atoms with van der Waals surface area (Å²) in [5.41, 5.74) is 4.48. The zero-order valence-electron chi connectivity index (χ0n) is 22.9. The van der Waals surface area contributed by atoms with E-state index < -0.39 is 6.10 Å². The van der Waals surface area contributed by atoms with Crippen molar-refractivity contribution in [3.63, 3.8) is 0 Å². The molecule has 0 aliphatic carbocycles. The molecule has 0 radical (unpaired) electrons. The molecule has 5 rings (SSSR count). The zero-order chi connectivity index (χ0) is 27.6. The number of para-hydroxylation sites is 1. The third-order valence-electron chi connectivity index (χ3n) is 7.09. The summed E-state index contributed by atoms with van der Waals surface area (Å²) in [5, 5.41) is 13.8. The number of hydrogen-bond acceptors (Lipinski definition) is 7. The summed E-state index contributed by atoms with van der Waals surface area (Å²) in [7, 11) is 1.67. The lowest BCUT2D eigenvalue weighted by Gasteiger charge is -2.40. The molecule has 0 amide bonds. The fourth-order valence-electron chi connectivity index (χ4n) is 5.14. The Labute approximate surface area is 241 Å².